The van der Waals surface area contributed by atoms with Gasteiger partial charge in [-0.1, -0.05) is 42.7 Å². The maximum absolute atomic E-state index is 12.7. The minimum Gasteiger partial charge on any atom is -0.249 e. The fraction of sp³-hybridized carbons (Fsp3) is 0.421. The van der Waals surface area contributed by atoms with Crippen LogP contribution < -0.4 is 0 Å². The van der Waals surface area contributed by atoms with Crippen LogP contribution in [0, 0.1) is 6.92 Å². The van der Waals surface area contributed by atoms with E-state index in [4.69, 9.17) is 0 Å². The molecule has 3 rings (SSSR count). The van der Waals surface area contributed by atoms with E-state index < -0.39 is 10.0 Å². The highest BCUT2D eigenvalue weighted by Crippen LogP contribution is 2.24. The summed E-state index contributed by atoms with van der Waals surface area (Å²) < 4.78 is 27.1. The second kappa shape index (κ2) is 8.34. The number of sulfonamides is 1. The summed E-state index contributed by atoms with van der Waals surface area (Å²) in [6, 6.07) is 11.9. The topological polar surface area (TPSA) is 50.3 Å². The third-order valence-electron chi connectivity index (χ3n) is 4.42. The lowest BCUT2D eigenvalue weighted by Crippen LogP contribution is -2.32. The lowest BCUT2D eigenvalue weighted by Gasteiger charge is -2.19. The Bertz CT molecular complexity index is 779. The van der Waals surface area contributed by atoms with E-state index in [1.165, 1.54) is 17.3 Å². The van der Waals surface area contributed by atoms with E-state index in [9.17, 15) is 8.42 Å². The van der Waals surface area contributed by atoms with Gasteiger partial charge in [-0.05, 0) is 37.5 Å². The van der Waals surface area contributed by atoms with E-state index in [2.05, 4.69) is 36.2 Å². The maximum atomic E-state index is 12.7. The van der Waals surface area contributed by atoms with E-state index in [-0.39, 0.29) is 0 Å². The van der Waals surface area contributed by atoms with Crippen LogP contribution in [-0.2, 0) is 15.8 Å². The van der Waals surface area contributed by atoms with Gasteiger partial charge < -0.3 is 0 Å². The van der Waals surface area contributed by atoms with Crippen molar-refractivity contribution in [3.05, 3.63) is 53.7 Å². The number of aryl methyl sites for hydroxylation is 1. The number of benzene rings is 1. The average molecular weight is 377 g/mol. The minimum absolute atomic E-state index is 0.300. The molecule has 0 saturated carbocycles. The summed E-state index contributed by atoms with van der Waals surface area (Å²) >= 11 is 1.62. The van der Waals surface area contributed by atoms with Crippen LogP contribution in [0.3, 0.4) is 0 Å². The van der Waals surface area contributed by atoms with Crippen molar-refractivity contribution in [2.24, 2.45) is 0 Å². The van der Waals surface area contributed by atoms with E-state index in [0.717, 1.165) is 36.5 Å². The molecule has 1 saturated heterocycles. The molecule has 1 aliphatic heterocycles. The molecule has 2 aromatic rings. The third kappa shape index (κ3) is 4.84. The van der Waals surface area contributed by atoms with Gasteiger partial charge in [-0.3, -0.25) is 0 Å². The molecule has 0 bridgehead atoms. The van der Waals surface area contributed by atoms with Gasteiger partial charge in [-0.25, -0.2) is 13.4 Å². The van der Waals surface area contributed by atoms with Crippen LogP contribution in [-0.4, -0.2) is 30.8 Å². The molecule has 1 aromatic heterocycles. The molecule has 25 heavy (non-hydrogen) atoms. The van der Waals surface area contributed by atoms with Crippen molar-refractivity contribution < 1.29 is 8.42 Å². The predicted molar refractivity (Wildman–Crippen MR) is 102 cm³/mol. The molecular weight excluding hydrogens is 352 g/mol. The number of aromatic nitrogens is 1. The molecule has 0 aliphatic carbocycles. The van der Waals surface area contributed by atoms with E-state index in [1.807, 2.05) is 6.07 Å². The first-order chi connectivity index (χ1) is 12.1. The minimum atomic E-state index is -3.41. The summed E-state index contributed by atoms with van der Waals surface area (Å²) in [6.45, 7) is 3.31. The van der Waals surface area contributed by atoms with Crippen LogP contribution in [0.15, 0.2) is 52.5 Å². The van der Waals surface area contributed by atoms with Crippen LogP contribution in [0.2, 0.25) is 0 Å². The Labute approximate surface area is 154 Å². The maximum Gasteiger partial charge on any atom is 0.244 e. The van der Waals surface area contributed by atoms with Gasteiger partial charge >= 0.3 is 0 Å². The summed E-state index contributed by atoms with van der Waals surface area (Å²) in [5.41, 5.74) is 2.48. The average Bonchev–Trinajstić information content (AvgIpc) is 2.92. The molecule has 1 aromatic carbocycles. The van der Waals surface area contributed by atoms with Crippen molar-refractivity contribution in [2.45, 2.75) is 48.3 Å². The zero-order chi connectivity index (χ0) is 17.7. The lowest BCUT2D eigenvalue weighted by molar-refractivity contribution is 0.423. The molecule has 6 heteroatoms. The molecule has 0 amide bonds. The highest BCUT2D eigenvalue weighted by Gasteiger charge is 2.25. The number of rotatable bonds is 5. The Kier molecular flexibility index (Phi) is 6.15. The highest BCUT2D eigenvalue weighted by molar-refractivity contribution is 7.98. The molecule has 0 spiro atoms. The molecule has 1 aliphatic rings. The van der Waals surface area contributed by atoms with Gasteiger partial charge in [0.05, 0.1) is 5.03 Å². The predicted octanol–water partition coefficient (Wildman–Crippen LogP) is 4.25. The van der Waals surface area contributed by atoms with Gasteiger partial charge in [-0.2, -0.15) is 4.31 Å². The van der Waals surface area contributed by atoms with Crippen molar-refractivity contribution >= 4 is 21.8 Å². The third-order valence-corrected chi connectivity index (χ3v) is 7.32. The molecule has 0 unspecified atom stereocenters. The smallest absolute Gasteiger partial charge is 0.244 e. The molecule has 4 nitrogen and oxygen atoms in total. The second-order valence-electron chi connectivity index (χ2n) is 6.42. The van der Waals surface area contributed by atoms with Gasteiger partial charge in [0, 0.05) is 25.0 Å². The van der Waals surface area contributed by atoms with E-state index >= 15 is 0 Å². The Morgan fingerprint density at radius 2 is 1.68 bits per heavy atom. The molecule has 0 N–H and O–H groups in total. The van der Waals surface area contributed by atoms with Crippen molar-refractivity contribution in [2.75, 3.05) is 13.1 Å². The number of nitrogens with zero attached hydrogens (tertiary/aromatic N) is 2. The van der Waals surface area contributed by atoms with Crippen molar-refractivity contribution in [1.82, 2.24) is 9.29 Å². The van der Waals surface area contributed by atoms with Gasteiger partial charge in [0.2, 0.25) is 10.0 Å². The number of hydrogen-bond donors (Lipinski definition) is 0. The normalized spacial score (nSPS) is 16.5. The SMILES string of the molecule is Cc1ccc(CSc2ccc(S(=O)(=O)N3CCCCCC3)cn2)cc1. The second-order valence-corrected chi connectivity index (χ2v) is 9.36. The zero-order valence-corrected chi connectivity index (χ0v) is 16.2. The molecule has 0 atom stereocenters. The fourth-order valence-corrected chi connectivity index (χ4v) is 5.14. The highest BCUT2D eigenvalue weighted by atomic mass is 32.2. The van der Waals surface area contributed by atoms with Gasteiger partial charge in [0.25, 0.3) is 0 Å². The van der Waals surface area contributed by atoms with Gasteiger partial charge in [0.1, 0.15) is 4.90 Å². The summed E-state index contributed by atoms with van der Waals surface area (Å²) in [4.78, 5) is 4.65. The Morgan fingerprint density at radius 1 is 1.00 bits per heavy atom. The fourth-order valence-electron chi connectivity index (χ4n) is 2.88. The Hall–Kier alpha value is -1.37. The van der Waals surface area contributed by atoms with Crippen LogP contribution in [0.1, 0.15) is 36.8 Å². The first-order valence-electron chi connectivity index (χ1n) is 8.70. The summed E-state index contributed by atoms with van der Waals surface area (Å²) in [7, 11) is -3.41. The summed E-state index contributed by atoms with van der Waals surface area (Å²) in [5.74, 6) is 0.825. The standard InChI is InChI=1S/C19H24N2O2S2/c1-16-6-8-17(9-7-16)15-24-19-11-10-18(14-20-19)25(22,23)21-12-4-2-3-5-13-21/h6-11,14H,2-5,12-13,15H2,1H3. The first-order valence-corrected chi connectivity index (χ1v) is 11.1. The molecule has 0 radical (unpaired) electrons. The van der Waals surface area contributed by atoms with Gasteiger partial charge in [0.15, 0.2) is 0 Å². The van der Waals surface area contributed by atoms with E-state index in [1.54, 1.807) is 22.1 Å². The molecule has 2 heterocycles. The number of pyridine rings is 1. The zero-order valence-electron chi connectivity index (χ0n) is 14.5. The van der Waals surface area contributed by atoms with Crippen molar-refractivity contribution in [3.8, 4) is 0 Å². The summed E-state index contributed by atoms with van der Waals surface area (Å²) in [5, 5.41) is 0.843. The molecule has 134 valence electrons. The summed E-state index contributed by atoms with van der Waals surface area (Å²) in [6.07, 6.45) is 5.60. The number of thioether (sulfide) groups is 1. The molecule has 1 fully saturated rings. The number of hydrogen-bond acceptors (Lipinski definition) is 4. The van der Waals surface area contributed by atoms with E-state index in [0.29, 0.717) is 18.0 Å². The van der Waals surface area contributed by atoms with Crippen molar-refractivity contribution in [1.29, 1.82) is 0 Å². The quantitative estimate of drug-likeness (QED) is 0.732. The van der Waals surface area contributed by atoms with Crippen molar-refractivity contribution in [3.63, 3.8) is 0 Å². The van der Waals surface area contributed by atoms with Gasteiger partial charge in [-0.15, -0.1) is 11.8 Å². The lowest BCUT2D eigenvalue weighted by atomic mass is 10.2. The first kappa shape index (κ1) is 18.4. The Balaban J connectivity index is 1.65. The largest absolute Gasteiger partial charge is 0.249 e. The van der Waals surface area contributed by atoms with Crippen LogP contribution in [0.4, 0.5) is 0 Å². The Morgan fingerprint density at radius 3 is 2.28 bits per heavy atom. The molecular formula is C19H24N2O2S2. The van der Waals surface area contributed by atoms with Crippen LogP contribution >= 0.6 is 11.8 Å². The monoisotopic (exact) mass is 376 g/mol. The van der Waals surface area contributed by atoms with Crippen LogP contribution in [0.25, 0.3) is 0 Å². The van der Waals surface area contributed by atoms with Crippen LogP contribution in [0.5, 0.6) is 0 Å².